The van der Waals surface area contributed by atoms with E-state index in [1.54, 1.807) is 50.2 Å². The van der Waals surface area contributed by atoms with E-state index in [1.807, 2.05) is 0 Å². The number of carbonyl (C=O) groups excluding carboxylic acids is 2. The van der Waals surface area contributed by atoms with Crippen molar-refractivity contribution in [3.05, 3.63) is 58.1 Å². The lowest BCUT2D eigenvalue weighted by molar-refractivity contribution is -0.140. The zero-order valence-corrected chi connectivity index (χ0v) is 21.9. The summed E-state index contributed by atoms with van der Waals surface area (Å²) in [5, 5.41) is 3.40. The molecule has 0 saturated carbocycles. The van der Waals surface area contributed by atoms with Crippen molar-refractivity contribution in [1.82, 2.24) is 10.2 Å². The molecule has 1 N–H and O–H groups in total. The Kier molecular flexibility index (Phi) is 10.0. The van der Waals surface area contributed by atoms with Crippen molar-refractivity contribution < 1.29 is 22.7 Å². The van der Waals surface area contributed by atoms with E-state index in [0.29, 0.717) is 34.3 Å². The summed E-state index contributed by atoms with van der Waals surface area (Å²) in [6, 6.07) is 10.5. The first-order valence-corrected chi connectivity index (χ1v) is 13.3. The molecule has 2 aromatic rings. The van der Waals surface area contributed by atoms with E-state index in [4.69, 9.17) is 27.9 Å². The van der Waals surface area contributed by atoms with Crippen LogP contribution in [-0.4, -0.2) is 57.6 Å². The standard InChI is InChI=1S/C23H29Cl2N3O5S/c1-5-21(23(30)26-6-2)27(14-18-19(24)11-8-12-20(18)25)22(29)15-28(34(4,31)32)16-9-7-10-17(13-16)33-3/h7-13,21H,5-6,14-15H2,1-4H3,(H,26,30). The number of amides is 2. The van der Waals surface area contributed by atoms with Gasteiger partial charge in [0, 0.05) is 34.8 Å². The van der Waals surface area contributed by atoms with Crippen LogP contribution in [0, 0.1) is 0 Å². The van der Waals surface area contributed by atoms with Crippen LogP contribution < -0.4 is 14.4 Å². The molecule has 34 heavy (non-hydrogen) atoms. The van der Waals surface area contributed by atoms with Gasteiger partial charge in [0.05, 0.1) is 19.1 Å². The van der Waals surface area contributed by atoms with Gasteiger partial charge in [-0.25, -0.2) is 8.42 Å². The maximum atomic E-state index is 13.6. The summed E-state index contributed by atoms with van der Waals surface area (Å²) in [6.45, 7) is 3.33. The lowest BCUT2D eigenvalue weighted by Crippen LogP contribution is -2.52. The first kappa shape index (κ1) is 27.8. The Hall–Kier alpha value is -2.49. The molecule has 2 amide bonds. The van der Waals surface area contributed by atoms with Crippen LogP contribution in [0.4, 0.5) is 5.69 Å². The molecule has 186 valence electrons. The van der Waals surface area contributed by atoms with Gasteiger partial charge in [0.1, 0.15) is 18.3 Å². The number of nitrogens with zero attached hydrogens (tertiary/aromatic N) is 2. The minimum Gasteiger partial charge on any atom is -0.497 e. The number of methoxy groups -OCH3 is 1. The zero-order valence-electron chi connectivity index (χ0n) is 19.5. The molecule has 0 radical (unpaired) electrons. The van der Waals surface area contributed by atoms with Gasteiger partial charge < -0.3 is 15.0 Å². The molecule has 0 fully saturated rings. The van der Waals surface area contributed by atoms with Gasteiger partial charge in [-0.1, -0.05) is 42.3 Å². The van der Waals surface area contributed by atoms with Crippen LogP contribution in [0.25, 0.3) is 0 Å². The number of nitrogens with one attached hydrogen (secondary N) is 1. The van der Waals surface area contributed by atoms with Crippen LogP contribution in [0.1, 0.15) is 25.8 Å². The third-order valence-corrected chi connectivity index (χ3v) is 7.00. The second-order valence-corrected chi connectivity index (χ2v) is 10.2. The van der Waals surface area contributed by atoms with Gasteiger partial charge in [-0.15, -0.1) is 0 Å². The number of halogens is 2. The van der Waals surface area contributed by atoms with Crippen molar-refractivity contribution in [2.45, 2.75) is 32.9 Å². The second kappa shape index (κ2) is 12.3. The van der Waals surface area contributed by atoms with E-state index in [1.165, 1.54) is 18.1 Å². The molecule has 8 nitrogen and oxygen atoms in total. The number of rotatable bonds is 11. The molecule has 1 unspecified atom stereocenters. The van der Waals surface area contributed by atoms with Crippen molar-refractivity contribution in [3.8, 4) is 5.75 Å². The Bertz CT molecular complexity index is 1110. The number of ether oxygens (including phenoxy) is 1. The van der Waals surface area contributed by atoms with Gasteiger partial charge in [-0.05, 0) is 37.6 Å². The highest BCUT2D eigenvalue weighted by atomic mass is 35.5. The van der Waals surface area contributed by atoms with Gasteiger partial charge >= 0.3 is 0 Å². The zero-order chi connectivity index (χ0) is 25.5. The lowest BCUT2D eigenvalue weighted by atomic mass is 10.1. The predicted octanol–water partition coefficient (Wildman–Crippen LogP) is 3.71. The Morgan fingerprint density at radius 2 is 1.71 bits per heavy atom. The quantitative estimate of drug-likeness (QED) is 0.478. The second-order valence-electron chi connectivity index (χ2n) is 7.51. The molecule has 1 atom stereocenters. The van der Waals surface area contributed by atoms with E-state index in [9.17, 15) is 18.0 Å². The largest absolute Gasteiger partial charge is 0.497 e. The first-order valence-electron chi connectivity index (χ1n) is 10.6. The van der Waals surface area contributed by atoms with Gasteiger partial charge in [-0.3, -0.25) is 13.9 Å². The van der Waals surface area contributed by atoms with E-state index < -0.39 is 28.5 Å². The molecule has 11 heteroatoms. The lowest BCUT2D eigenvalue weighted by Gasteiger charge is -2.33. The number of carbonyl (C=O) groups is 2. The van der Waals surface area contributed by atoms with E-state index in [-0.39, 0.29) is 18.1 Å². The third kappa shape index (κ3) is 7.01. The summed E-state index contributed by atoms with van der Waals surface area (Å²) in [5.41, 5.74) is 0.728. The molecule has 0 heterocycles. The van der Waals surface area contributed by atoms with Crippen LogP contribution in [0.2, 0.25) is 10.0 Å². The maximum Gasteiger partial charge on any atom is 0.244 e. The Morgan fingerprint density at radius 3 is 2.24 bits per heavy atom. The number of hydrogen-bond acceptors (Lipinski definition) is 5. The fourth-order valence-corrected chi connectivity index (χ4v) is 4.80. The molecule has 2 aromatic carbocycles. The molecule has 0 aliphatic heterocycles. The molecule has 0 aromatic heterocycles. The molecule has 0 saturated heterocycles. The van der Waals surface area contributed by atoms with Gasteiger partial charge in [0.15, 0.2) is 0 Å². The topological polar surface area (TPSA) is 96.0 Å². The fraction of sp³-hybridized carbons (Fsp3) is 0.391. The molecule has 0 aliphatic carbocycles. The van der Waals surface area contributed by atoms with E-state index in [2.05, 4.69) is 5.32 Å². The number of anilines is 1. The summed E-state index contributed by atoms with van der Waals surface area (Å²) >= 11 is 12.7. The molecule has 0 bridgehead atoms. The highest BCUT2D eigenvalue weighted by Gasteiger charge is 2.32. The van der Waals surface area contributed by atoms with E-state index in [0.717, 1.165) is 10.6 Å². The van der Waals surface area contributed by atoms with Crippen molar-refractivity contribution in [1.29, 1.82) is 0 Å². The summed E-state index contributed by atoms with van der Waals surface area (Å²) < 4.78 is 31.4. The van der Waals surface area contributed by atoms with Crippen molar-refractivity contribution in [2.24, 2.45) is 0 Å². The first-order chi connectivity index (χ1) is 16.0. The van der Waals surface area contributed by atoms with Crippen LogP contribution in [0.15, 0.2) is 42.5 Å². The number of benzene rings is 2. The van der Waals surface area contributed by atoms with Crippen molar-refractivity contribution in [3.63, 3.8) is 0 Å². The monoisotopic (exact) mass is 529 g/mol. The van der Waals surface area contributed by atoms with Gasteiger partial charge in [-0.2, -0.15) is 0 Å². The average Bonchev–Trinajstić information content (AvgIpc) is 2.78. The van der Waals surface area contributed by atoms with Crippen LogP contribution in [-0.2, 0) is 26.2 Å². The molecule has 0 spiro atoms. The SMILES string of the molecule is CCNC(=O)C(CC)N(Cc1c(Cl)cccc1Cl)C(=O)CN(c1cccc(OC)c1)S(C)(=O)=O. The number of sulfonamides is 1. The average molecular weight is 530 g/mol. The smallest absolute Gasteiger partial charge is 0.244 e. The molecular formula is C23H29Cl2N3O5S. The minimum atomic E-state index is -3.85. The Balaban J connectivity index is 2.50. The van der Waals surface area contributed by atoms with E-state index >= 15 is 0 Å². The maximum absolute atomic E-state index is 13.6. The third-order valence-electron chi connectivity index (χ3n) is 5.15. The van der Waals surface area contributed by atoms with Gasteiger partial charge in [0.2, 0.25) is 21.8 Å². The Morgan fingerprint density at radius 1 is 1.09 bits per heavy atom. The number of likely N-dealkylation sites (N-methyl/N-ethyl adjacent to an activating group) is 1. The Labute approximate surface area is 210 Å². The minimum absolute atomic E-state index is 0.0668. The van der Waals surface area contributed by atoms with Crippen molar-refractivity contribution >= 4 is 50.7 Å². The van der Waals surface area contributed by atoms with Gasteiger partial charge in [0.25, 0.3) is 0 Å². The summed E-state index contributed by atoms with van der Waals surface area (Å²) in [6.07, 6.45) is 1.31. The summed E-state index contributed by atoms with van der Waals surface area (Å²) in [7, 11) is -2.39. The van der Waals surface area contributed by atoms with Crippen LogP contribution >= 0.6 is 23.2 Å². The fourth-order valence-electron chi connectivity index (χ4n) is 3.44. The molecule has 2 rings (SSSR count). The summed E-state index contributed by atoms with van der Waals surface area (Å²) in [4.78, 5) is 27.7. The van der Waals surface area contributed by atoms with Crippen LogP contribution in [0.5, 0.6) is 5.75 Å². The summed E-state index contributed by atoms with van der Waals surface area (Å²) in [5.74, 6) is -0.497. The normalized spacial score (nSPS) is 12.1. The van der Waals surface area contributed by atoms with Crippen molar-refractivity contribution in [2.75, 3.05) is 30.8 Å². The highest BCUT2D eigenvalue weighted by molar-refractivity contribution is 7.92. The molecule has 0 aliphatic rings. The van der Waals surface area contributed by atoms with Crippen LogP contribution in [0.3, 0.4) is 0 Å². The number of hydrogen-bond donors (Lipinski definition) is 1. The highest BCUT2D eigenvalue weighted by Crippen LogP contribution is 2.28. The predicted molar refractivity (Wildman–Crippen MR) is 135 cm³/mol. The molecular weight excluding hydrogens is 501 g/mol.